The summed E-state index contributed by atoms with van der Waals surface area (Å²) in [5.41, 5.74) is 10.4. The van der Waals surface area contributed by atoms with E-state index in [1.807, 2.05) is 58.1 Å². The van der Waals surface area contributed by atoms with Gasteiger partial charge in [0.2, 0.25) is 0 Å². The van der Waals surface area contributed by atoms with Crippen LogP contribution >= 0.6 is 0 Å². The van der Waals surface area contributed by atoms with Crippen LogP contribution in [0.3, 0.4) is 0 Å². The summed E-state index contributed by atoms with van der Waals surface area (Å²) >= 11 is 0. The molecule has 32 heavy (non-hydrogen) atoms. The molecule has 6 rings (SSSR count). The molecule has 0 radical (unpaired) electrons. The van der Waals surface area contributed by atoms with E-state index in [1.165, 1.54) is 0 Å². The van der Waals surface area contributed by atoms with Crippen molar-refractivity contribution in [1.82, 2.24) is 39.1 Å². The molecule has 10 nitrogen and oxygen atoms in total. The lowest BCUT2D eigenvalue weighted by molar-refractivity contribution is -0.0209. The lowest BCUT2D eigenvalue weighted by Gasteiger charge is -2.54. The number of fused-ring (bicyclic) bond motifs is 1. The minimum Gasteiger partial charge on any atom is -0.328 e. The van der Waals surface area contributed by atoms with Crippen molar-refractivity contribution in [2.45, 2.75) is 24.8 Å². The van der Waals surface area contributed by atoms with Crippen LogP contribution in [-0.4, -0.2) is 58.7 Å². The molecule has 2 fully saturated rings. The van der Waals surface area contributed by atoms with Crippen LogP contribution in [0.2, 0.25) is 0 Å². The Balaban J connectivity index is 1.36. The maximum atomic E-state index is 9.24. The van der Waals surface area contributed by atoms with Crippen molar-refractivity contribution in [1.29, 1.82) is 5.26 Å². The smallest absolute Gasteiger partial charge is 0.179 e. The molecule has 5 heterocycles. The SMILES string of the molecule is Cn1ccc(-c2cn3nccc3c(-c3cnn(C4(CN)CC5(CCN(C#N)C5)C4)c3)n2)n1. The van der Waals surface area contributed by atoms with Crippen molar-refractivity contribution in [3.05, 3.63) is 43.1 Å². The van der Waals surface area contributed by atoms with E-state index in [9.17, 15) is 5.26 Å². The summed E-state index contributed by atoms with van der Waals surface area (Å²) < 4.78 is 5.61. The first-order chi connectivity index (χ1) is 15.5. The predicted molar refractivity (Wildman–Crippen MR) is 117 cm³/mol. The monoisotopic (exact) mass is 428 g/mol. The number of likely N-dealkylation sites (tertiary alicyclic amines) is 1. The number of aryl methyl sites for hydroxylation is 1. The molecule has 0 unspecified atom stereocenters. The normalized spacial score (nSPS) is 24.8. The summed E-state index contributed by atoms with van der Waals surface area (Å²) in [6.07, 6.45) is 14.7. The van der Waals surface area contributed by atoms with Crippen LogP contribution in [-0.2, 0) is 12.6 Å². The van der Waals surface area contributed by atoms with Crippen LogP contribution in [0.5, 0.6) is 0 Å². The number of nitrogens with zero attached hydrogens (tertiary/aromatic N) is 9. The number of aromatic nitrogens is 7. The van der Waals surface area contributed by atoms with Crippen molar-refractivity contribution in [3.63, 3.8) is 0 Å². The molecule has 4 aromatic rings. The average Bonchev–Trinajstić information content (AvgIpc) is 3.57. The van der Waals surface area contributed by atoms with Crippen LogP contribution in [0.1, 0.15) is 19.3 Å². The topological polar surface area (TPSA) is 119 Å². The van der Waals surface area contributed by atoms with Gasteiger partial charge in [-0.15, -0.1) is 0 Å². The molecule has 2 aliphatic rings. The number of hydrogen-bond acceptors (Lipinski definition) is 7. The zero-order valence-electron chi connectivity index (χ0n) is 17.9. The first-order valence-electron chi connectivity index (χ1n) is 10.8. The van der Waals surface area contributed by atoms with Crippen molar-refractivity contribution >= 4 is 5.52 Å². The largest absolute Gasteiger partial charge is 0.328 e. The van der Waals surface area contributed by atoms with E-state index in [0.717, 1.165) is 60.5 Å². The van der Waals surface area contributed by atoms with Crippen molar-refractivity contribution < 1.29 is 0 Å². The van der Waals surface area contributed by atoms with Gasteiger partial charge in [0.05, 0.1) is 35.3 Å². The Morgan fingerprint density at radius 1 is 1.19 bits per heavy atom. The molecule has 10 heteroatoms. The van der Waals surface area contributed by atoms with Crippen LogP contribution < -0.4 is 5.73 Å². The summed E-state index contributed by atoms with van der Waals surface area (Å²) in [7, 11) is 1.89. The Morgan fingerprint density at radius 3 is 2.78 bits per heavy atom. The van der Waals surface area contributed by atoms with Crippen LogP contribution in [0.4, 0.5) is 0 Å². The van der Waals surface area contributed by atoms with Crippen LogP contribution in [0.25, 0.3) is 28.2 Å². The fraction of sp³-hybridized carbons (Fsp3) is 0.409. The lowest BCUT2D eigenvalue weighted by Crippen LogP contribution is -2.58. The van der Waals surface area contributed by atoms with Gasteiger partial charge in [-0.05, 0) is 36.8 Å². The van der Waals surface area contributed by atoms with E-state index in [1.54, 1.807) is 10.9 Å². The molecule has 2 N–H and O–H groups in total. The van der Waals surface area contributed by atoms with Gasteiger partial charge in [0.15, 0.2) is 6.19 Å². The lowest BCUT2D eigenvalue weighted by atomic mass is 9.56. The molecule has 1 saturated heterocycles. The molecule has 1 spiro atoms. The number of nitriles is 1. The molecule has 0 bridgehead atoms. The highest BCUT2D eigenvalue weighted by Crippen LogP contribution is 2.57. The van der Waals surface area contributed by atoms with Crippen molar-refractivity contribution in [2.75, 3.05) is 19.6 Å². The Hall–Kier alpha value is -3.71. The molecule has 162 valence electrons. The summed E-state index contributed by atoms with van der Waals surface area (Å²) in [6.45, 7) is 2.18. The van der Waals surface area contributed by atoms with Gasteiger partial charge in [0.1, 0.15) is 11.4 Å². The quantitative estimate of drug-likeness (QED) is 0.491. The molecule has 1 aliphatic carbocycles. The Bertz CT molecular complexity index is 1350. The van der Waals surface area contributed by atoms with Gasteiger partial charge >= 0.3 is 0 Å². The summed E-state index contributed by atoms with van der Waals surface area (Å²) in [5.74, 6) is 0. The van der Waals surface area contributed by atoms with Crippen molar-refractivity contribution in [2.24, 2.45) is 18.2 Å². The Kier molecular flexibility index (Phi) is 3.95. The van der Waals surface area contributed by atoms with E-state index >= 15 is 0 Å². The van der Waals surface area contributed by atoms with E-state index in [0.29, 0.717) is 6.54 Å². The molecule has 1 saturated carbocycles. The highest BCUT2D eigenvalue weighted by molar-refractivity contribution is 5.77. The Labute approximate surface area is 184 Å². The third-order valence-electron chi connectivity index (χ3n) is 7.08. The van der Waals surface area contributed by atoms with E-state index < -0.39 is 0 Å². The number of rotatable bonds is 4. The van der Waals surface area contributed by atoms with E-state index in [4.69, 9.17) is 15.8 Å². The van der Waals surface area contributed by atoms with Gasteiger partial charge in [-0.25, -0.2) is 9.50 Å². The minimum absolute atomic E-state index is 0.178. The molecule has 0 aromatic carbocycles. The van der Waals surface area contributed by atoms with Gasteiger partial charge in [0, 0.05) is 44.6 Å². The van der Waals surface area contributed by atoms with Crippen molar-refractivity contribution in [3.8, 4) is 28.8 Å². The van der Waals surface area contributed by atoms with E-state index in [-0.39, 0.29) is 11.0 Å². The fourth-order valence-electron chi connectivity index (χ4n) is 5.57. The zero-order valence-corrected chi connectivity index (χ0v) is 17.9. The molecular formula is C22H24N10. The molecular weight excluding hydrogens is 404 g/mol. The zero-order chi connectivity index (χ0) is 21.9. The van der Waals surface area contributed by atoms with Gasteiger partial charge < -0.3 is 10.6 Å². The molecule has 1 aliphatic heterocycles. The first kappa shape index (κ1) is 19.0. The number of hydrogen-bond donors (Lipinski definition) is 1. The number of nitrogens with two attached hydrogens (primary N) is 1. The highest BCUT2D eigenvalue weighted by atomic mass is 15.3. The maximum Gasteiger partial charge on any atom is 0.179 e. The minimum atomic E-state index is -0.209. The first-order valence-corrected chi connectivity index (χ1v) is 10.8. The molecule has 4 aromatic heterocycles. The average molecular weight is 429 g/mol. The van der Waals surface area contributed by atoms with Crippen LogP contribution in [0.15, 0.2) is 43.1 Å². The molecule has 0 atom stereocenters. The second-order valence-corrected chi connectivity index (χ2v) is 9.24. The maximum absolute atomic E-state index is 9.24. The summed E-state index contributed by atoms with van der Waals surface area (Å²) in [6, 6.07) is 3.89. The third kappa shape index (κ3) is 2.74. The Morgan fingerprint density at radius 2 is 2.06 bits per heavy atom. The summed E-state index contributed by atoms with van der Waals surface area (Å²) in [5, 5.41) is 22.9. The van der Waals surface area contributed by atoms with Crippen LogP contribution in [0, 0.1) is 16.9 Å². The molecule has 0 amide bonds. The predicted octanol–water partition coefficient (Wildman–Crippen LogP) is 1.61. The third-order valence-corrected chi connectivity index (χ3v) is 7.08. The standard InChI is InChI=1S/C22H24N10/c1-29-6-3-17(28-29)18-10-31-19(2-5-25-31)20(27-18)16-8-26-32(9-16)22(13-23)11-21(12-22)4-7-30(14-21)15-24/h2-3,5-6,8-10H,4,7,11-14,23H2,1H3. The van der Waals surface area contributed by atoms with Gasteiger partial charge in [0.25, 0.3) is 0 Å². The second kappa shape index (κ2) is 6.64. The van der Waals surface area contributed by atoms with E-state index in [2.05, 4.69) is 16.4 Å². The second-order valence-electron chi connectivity index (χ2n) is 9.24. The van der Waals surface area contributed by atoms with Gasteiger partial charge in [-0.2, -0.15) is 20.6 Å². The van der Waals surface area contributed by atoms with Gasteiger partial charge in [-0.1, -0.05) is 0 Å². The fourth-order valence-corrected chi connectivity index (χ4v) is 5.57. The highest BCUT2D eigenvalue weighted by Gasteiger charge is 2.57. The van der Waals surface area contributed by atoms with Gasteiger partial charge in [-0.3, -0.25) is 9.36 Å². The summed E-state index contributed by atoms with van der Waals surface area (Å²) in [4.78, 5) is 6.78.